The average Bonchev–Trinajstić information content (AvgIpc) is 2.17. The van der Waals surface area contributed by atoms with Gasteiger partial charge in [0, 0.05) is 5.33 Å². The van der Waals surface area contributed by atoms with E-state index in [0.717, 1.165) is 16.5 Å². The van der Waals surface area contributed by atoms with Gasteiger partial charge in [-0.05, 0) is 16.7 Å². The number of hydrogen-bond acceptors (Lipinski definition) is 1. The molecule has 1 nitrogen and oxygen atoms in total. The molecular weight excluding hydrogens is 216 g/mol. The minimum atomic E-state index is 0.0215. The van der Waals surface area contributed by atoms with E-state index in [1.807, 2.05) is 24.3 Å². The second-order valence-electron chi connectivity index (χ2n) is 2.59. The Labute approximate surface area is 80.9 Å². The minimum absolute atomic E-state index is 0.0215. The first kappa shape index (κ1) is 9.49. The van der Waals surface area contributed by atoms with Crippen LogP contribution in [0.1, 0.15) is 11.1 Å². The van der Waals surface area contributed by atoms with Crippen molar-refractivity contribution in [2.45, 2.75) is 5.33 Å². The molecule has 0 saturated carbocycles. The van der Waals surface area contributed by atoms with Crippen LogP contribution in [0.2, 0.25) is 0 Å². The van der Waals surface area contributed by atoms with E-state index in [0.29, 0.717) is 0 Å². The van der Waals surface area contributed by atoms with Crippen molar-refractivity contribution in [3.63, 3.8) is 0 Å². The molecule has 0 amide bonds. The molecule has 0 fully saturated rings. The van der Waals surface area contributed by atoms with E-state index in [1.54, 1.807) is 0 Å². The molecule has 0 aromatic heterocycles. The summed E-state index contributed by atoms with van der Waals surface area (Å²) in [5.74, 6) is 0. The van der Waals surface area contributed by atoms with Gasteiger partial charge in [0.1, 0.15) is 0 Å². The number of aliphatic hydroxyl groups is 1. The predicted molar refractivity (Wildman–Crippen MR) is 55.2 cm³/mol. The smallest absolute Gasteiger partial charge is 0.0681 e. The molecule has 1 N–H and O–H groups in total. The first-order valence-corrected chi connectivity index (χ1v) is 4.84. The minimum Gasteiger partial charge on any atom is -0.392 e. The first-order valence-electron chi connectivity index (χ1n) is 3.72. The summed E-state index contributed by atoms with van der Waals surface area (Å²) in [4.78, 5) is 0. The summed E-state index contributed by atoms with van der Waals surface area (Å²) in [6.07, 6.45) is 0. The molecule has 64 valence electrons. The highest BCUT2D eigenvalue weighted by Crippen LogP contribution is 2.13. The van der Waals surface area contributed by atoms with Crippen molar-refractivity contribution in [3.8, 4) is 0 Å². The summed E-state index contributed by atoms with van der Waals surface area (Å²) in [6.45, 7) is 3.76. The molecule has 0 spiro atoms. The summed E-state index contributed by atoms with van der Waals surface area (Å²) in [6, 6.07) is 7.97. The van der Waals surface area contributed by atoms with Gasteiger partial charge in [0.15, 0.2) is 0 Å². The van der Waals surface area contributed by atoms with Crippen LogP contribution in [0.4, 0.5) is 0 Å². The molecule has 0 unspecified atom stereocenters. The maximum atomic E-state index is 8.81. The van der Waals surface area contributed by atoms with Crippen molar-refractivity contribution in [1.29, 1.82) is 0 Å². The quantitative estimate of drug-likeness (QED) is 0.787. The lowest BCUT2D eigenvalue weighted by Crippen LogP contribution is -1.88. The lowest BCUT2D eigenvalue weighted by Gasteiger charge is -2.02. The van der Waals surface area contributed by atoms with Crippen LogP contribution in [0.3, 0.4) is 0 Å². The predicted octanol–water partition coefficient (Wildman–Crippen LogP) is 2.59. The maximum Gasteiger partial charge on any atom is 0.0681 e. The van der Waals surface area contributed by atoms with Crippen LogP contribution in [0, 0.1) is 0 Å². The maximum absolute atomic E-state index is 8.81. The Morgan fingerprint density at radius 2 is 1.92 bits per heavy atom. The number of hydrogen-bond donors (Lipinski definition) is 1. The number of rotatable bonds is 3. The largest absolute Gasteiger partial charge is 0.392 e. The van der Waals surface area contributed by atoms with Crippen molar-refractivity contribution in [2.24, 2.45) is 0 Å². The molecule has 0 aliphatic carbocycles. The Hall–Kier alpha value is -0.600. The van der Waals surface area contributed by atoms with Crippen LogP contribution >= 0.6 is 15.9 Å². The van der Waals surface area contributed by atoms with Crippen LogP contribution in [0.5, 0.6) is 0 Å². The van der Waals surface area contributed by atoms with Gasteiger partial charge in [-0.3, -0.25) is 0 Å². The number of halogens is 1. The molecule has 12 heavy (non-hydrogen) atoms. The van der Waals surface area contributed by atoms with Gasteiger partial charge >= 0.3 is 0 Å². The summed E-state index contributed by atoms with van der Waals surface area (Å²) in [5.41, 5.74) is 2.99. The van der Waals surface area contributed by atoms with Gasteiger partial charge < -0.3 is 5.11 Å². The molecule has 1 rings (SSSR count). The van der Waals surface area contributed by atoms with Crippen molar-refractivity contribution >= 4 is 21.5 Å². The molecule has 1 aromatic rings. The second kappa shape index (κ2) is 4.43. The van der Waals surface area contributed by atoms with Gasteiger partial charge in [-0.15, -0.1) is 0 Å². The molecule has 2 heteroatoms. The lowest BCUT2D eigenvalue weighted by molar-refractivity contribution is 0.350. The topological polar surface area (TPSA) is 20.2 Å². The van der Waals surface area contributed by atoms with Gasteiger partial charge in [0.05, 0.1) is 6.61 Å². The van der Waals surface area contributed by atoms with E-state index in [9.17, 15) is 0 Å². The van der Waals surface area contributed by atoms with Gasteiger partial charge in [-0.2, -0.15) is 0 Å². The monoisotopic (exact) mass is 226 g/mol. The molecular formula is C10H11BrO. The lowest BCUT2D eigenvalue weighted by atomic mass is 10.1. The highest BCUT2D eigenvalue weighted by Gasteiger charge is 1.96. The van der Waals surface area contributed by atoms with E-state index < -0.39 is 0 Å². The number of benzene rings is 1. The molecule has 0 aliphatic heterocycles. The van der Waals surface area contributed by atoms with E-state index in [1.165, 1.54) is 5.56 Å². The summed E-state index contributed by atoms with van der Waals surface area (Å²) in [5, 5.41) is 9.67. The van der Waals surface area contributed by atoms with Gasteiger partial charge in [-0.25, -0.2) is 0 Å². The molecule has 0 saturated heterocycles. The summed E-state index contributed by atoms with van der Waals surface area (Å²) >= 11 is 3.36. The van der Waals surface area contributed by atoms with Crippen LogP contribution in [-0.2, 0) is 5.33 Å². The third-order valence-corrected chi connectivity index (χ3v) is 2.35. The number of alkyl halides is 1. The van der Waals surface area contributed by atoms with Crippen LogP contribution in [0.25, 0.3) is 5.57 Å². The summed E-state index contributed by atoms with van der Waals surface area (Å²) < 4.78 is 0. The van der Waals surface area contributed by atoms with E-state index >= 15 is 0 Å². The zero-order chi connectivity index (χ0) is 8.97. The summed E-state index contributed by atoms with van der Waals surface area (Å²) in [7, 11) is 0. The van der Waals surface area contributed by atoms with Crippen LogP contribution < -0.4 is 0 Å². The average molecular weight is 227 g/mol. The zero-order valence-corrected chi connectivity index (χ0v) is 8.34. The third-order valence-electron chi connectivity index (χ3n) is 1.71. The Balaban J connectivity index is 2.84. The molecule has 0 bridgehead atoms. The standard InChI is InChI=1S/C10H11BrO/c1-8(7-12)10-4-2-9(6-11)3-5-10/h2-5,12H,1,6-7H2. The van der Waals surface area contributed by atoms with Crippen molar-refractivity contribution < 1.29 is 5.11 Å². The van der Waals surface area contributed by atoms with Crippen molar-refractivity contribution in [1.82, 2.24) is 0 Å². The van der Waals surface area contributed by atoms with Gasteiger partial charge in [0.25, 0.3) is 0 Å². The first-order chi connectivity index (χ1) is 5.77. The Morgan fingerprint density at radius 1 is 1.33 bits per heavy atom. The molecule has 0 aliphatic rings. The van der Waals surface area contributed by atoms with Crippen molar-refractivity contribution in [3.05, 3.63) is 42.0 Å². The zero-order valence-electron chi connectivity index (χ0n) is 6.76. The Bertz CT molecular complexity index is 264. The van der Waals surface area contributed by atoms with E-state index in [-0.39, 0.29) is 6.61 Å². The molecule has 1 aromatic carbocycles. The Kier molecular flexibility index (Phi) is 3.50. The van der Waals surface area contributed by atoms with Crippen molar-refractivity contribution in [2.75, 3.05) is 6.61 Å². The van der Waals surface area contributed by atoms with Crippen LogP contribution in [-0.4, -0.2) is 11.7 Å². The molecule has 0 heterocycles. The fourth-order valence-electron chi connectivity index (χ4n) is 0.921. The highest BCUT2D eigenvalue weighted by molar-refractivity contribution is 9.08. The van der Waals surface area contributed by atoms with Gasteiger partial charge in [-0.1, -0.05) is 46.8 Å². The fourth-order valence-corrected chi connectivity index (χ4v) is 1.29. The number of aliphatic hydroxyl groups excluding tert-OH is 1. The fraction of sp³-hybridized carbons (Fsp3) is 0.200. The highest BCUT2D eigenvalue weighted by atomic mass is 79.9. The van der Waals surface area contributed by atoms with Gasteiger partial charge in [0.2, 0.25) is 0 Å². The van der Waals surface area contributed by atoms with Crippen LogP contribution in [0.15, 0.2) is 30.8 Å². The van der Waals surface area contributed by atoms with E-state index in [2.05, 4.69) is 22.5 Å². The second-order valence-corrected chi connectivity index (χ2v) is 3.15. The molecule has 0 radical (unpaired) electrons. The normalized spacial score (nSPS) is 9.83. The SMILES string of the molecule is C=C(CO)c1ccc(CBr)cc1. The third kappa shape index (κ3) is 2.19. The Morgan fingerprint density at radius 3 is 2.33 bits per heavy atom. The molecule has 0 atom stereocenters. The van der Waals surface area contributed by atoms with E-state index in [4.69, 9.17) is 5.11 Å².